The third-order valence-corrected chi connectivity index (χ3v) is 3.10. The van der Waals surface area contributed by atoms with Crippen LogP contribution in [-0.2, 0) is 0 Å². The molecule has 0 saturated heterocycles. The Morgan fingerprint density at radius 2 is 2.15 bits per heavy atom. The summed E-state index contributed by atoms with van der Waals surface area (Å²) in [4.78, 5) is 0. The first-order valence-electron chi connectivity index (χ1n) is 3.63. The Hall–Kier alpha value is -1.18. The maximum absolute atomic E-state index is 8.74. The van der Waals surface area contributed by atoms with Crippen LogP contribution in [0.4, 0.5) is 5.69 Å². The van der Waals surface area contributed by atoms with Crippen LogP contribution in [0.2, 0.25) is 0 Å². The lowest BCUT2D eigenvalue weighted by Crippen LogP contribution is -1.88. The van der Waals surface area contributed by atoms with Gasteiger partial charge in [-0.05, 0) is 23.6 Å². The maximum Gasteiger partial charge on any atom is 0.101 e. The maximum atomic E-state index is 8.74. The molecule has 0 spiro atoms. The number of hydrogen-bond acceptors (Lipinski definition) is 4. The highest BCUT2D eigenvalue weighted by Crippen LogP contribution is 2.31. The third-order valence-electron chi connectivity index (χ3n) is 1.80. The van der Waals surface area contributed by atoms with Gasteiger partial charge in [-0.3, -0.25) is 0 Å². The molecule has 2 rings (SSSR count). The van der Waals surface area contributed by atoms with Crippen molar-refractivity contribution in [3.8, 4) is 6.07 Å². The molecular weight excluding hydrogens is 200 g/mol. The number of nitrogens with two attached hydrogens (primary N) is 1. The lowest BCUT2D eigenvalue weighted by atomic mass is 10.1. The summed E-state index contributed by atoms with van der Waals surface area (Å²) in [5, 5.41) is 9.79. The Balaban J connectivity index is 2.82. The smallest absolute Gasteiger partial charge is 0.101 e. The Morgan fingerprint density at radius 1 is 1.38 bits per heavy atom. The number of benzene rings is 1. The van der Waals surface area contributed by atoms with Crippen LogP contribution in [0, 0.1) is 11.3 Å². The third kappa shape index (κ3) is 1.37. The first kappa shape index (κ1) is 8.42. The van der Waals surface area contributed by atoms with E-state index < -0.39 is 0 Å². The molecule has 0 atom stereocenters. The van der Waals surface area contributed by atoms with Gasteiger partial charge in [0.15, 0.2) is 0 Å². The van der Waals surface area contributed by atoms with E-state index in [1.807, 2.05) is 12.1 Å². The average molecular weight is 206 g/mol. The fraction of sp³-hybridized carbons (Fsp3) is 0. The second-order valence-corrected chi connectivity index (χ2v) is 4.54. The molecule has 2 nitrogen and oxygen atoms in total. The molecule has 2 N–H and O–H groups in total. The highest BCUT2D eigenvalue weighted by atomic mass is 32.2. The Labute approximate surface area is 85.0 Å². The lowest BCUT2D eigenvalue weighted by molar-refractivity contribution is 1.50. The largest absolute Gasteiger partial charge is 0.398 e. The highest BCUT2D eigenvalue weighted by Gasteiger charge is 2.03. The zero-order chi connectivity index (χ0) is 9.42. The SMILES string of the molecule is N#Cc1cc2sc(S)cc2cc1N. The van der Waals surface area contributed by atoms with Crippen LogP contribution < -0.4 is 5.73 Å². The van der Waals surface area contributed by atoms with Gasteiger partial charge in [0.1, 0.15) is 6.07 Å². The summed E-state index contributed by atoms with van der Waals surface area (Å²) in [7, 11) is 0. The minimum atomic E-state index is 0.529. The van der Waals surface area contributed by atoms with Gasteiger partial charge in [0.25, 0.3) is 0 Å². The van der Waals surface area contributed by atoms with Crippen molar-refractivity contribution >= 4 is 39.7 Å². The van der Waals surface area contributed by atoms with Crippen molar-refractivity contribution in [2.45, 2.75) is 4.21 Å². The van der Waals surface area contributed by atoms with E-state index in [2.05, 4.69) is 18.7 Å². The van der Waals surface area contributed by atoms with Crippen molar-refractivity contribution in [3.63, 3.8) is 0 Å². The normalized spacial score (nSPS) is 10.2. The summed E-state index contributed by atoms with van der Waals surface area (Å²) in [6, 6.07) is 7.61. The van der Waals surface area contributed by atoms with E-state index in [4.69, 9.17) is 11.0 Å². The Morgan fingerprint density at radius 3 is 2.85 bits per heavy atom. The predicted molar refractivity (Wildman–Crippen MR) is 58.2 cm³/mol. The van der Waals surface area contributed by atoms with Crippen LogP contribution in [0.1, 0.15) is 5.56 Å². The standard InChI is InChI=1S/C9H6N2S2/c10-4-6-2-8-5(1-7(6)11)3-9(12)13-8/h1-3,12H,11H2. The molecule has 4 heteroatoms. The van der Waals surface area contributed by atoms with Crippen molar-refractivity contribution in [2.24, 2.45) is 0 Å². The fourth-order valence-corrected chi connectivity index (χ4v) is 2.45. The molecule has 0 bridgehead atoms. The van der Waals surface area contributed by atoms with Crippen molar-refractivity contribution in [2.75, 3.05) is 5.73 Å². The van der Waals surface area contributed by atoms with Gasteiger partial charge >= 0.3 is 0 Å². The number of anilines is 1. The summed E-state index contributed by atoms with van der Waals surface area (Å²) >= 11 is 5.78. The number of nitrogen functional groups attached to an aromatic ring is 1. The van der Waals surface area contributed by atoms with Gasteiger partial charge in [0.05, 0.1) is 15.5 Å². The first-order valence-corrected chi connectivity index (χ1v) is 4.89. The molecule has 2 aromatic rings. The number of nitriles is 1. The summed E-state index contributed by atoms with van der Waals surface area (Å²) in [5.41, 5.74) is 6.72. The Kier molecular flexibility index (Phi) is 1.91. The highest BCUT2D eigenvalue weighted by molar-refractivity contribution is 7.83. The molecule has 0 saturated carbocycles. The van der Waals surface area contributed by atoms with Crippen molar-refractivity contribution in [3.05, 3.63) is 23.8 Å². The molecule has 0 unspecified atom stereocenters. The summed E-state index contributed by atoms with van der Waals surface area (Å²) < 4.78 is 1.99. The minimum Gasteiger partial charge on any atom is -0.398 e. The average Bonchev–Trinajstić information content (AvgIpc) is 2.42. The van der Waals surface area contributed by atoms with E-state index in [1.165, 1.54) is 0 Å². The summed E-state index contributed by atoms with van der Waals surface area (Å²) in [6.07, 6.45) is 0. The fourth-order valence-electron chi connectivity index (χ4n) is 1.19. The number of thiol groups is 1. The molecule has 1 heterocycles. The van der Waals surface area contributed by atoms with Crippen LogP contribution >= 0.6 is 24.0 Å². The molecule has 0 amide bonds. The van der Waals surface area contributed by atoms with Crippen LogP contribution in [0.3, 0.4) is 0 Å². The monoisotopic (exact) mass is 206 g/mol. The predicted octanol–water partition coefficient (Wildman–Crippen LogP) is 2.64. The van der Waals surface area contributed by atoms with Gasteiger partial charge in [0.2, 0.25) is 0 Å². The number of hydrogen-bond donors (Lipinski definition) is 2. The van der Waals surface area contributed by atoms with E-state index in [9.17, 15) is 0 Å². The number of nitrogens with zero attached hydrogens (tertiary/aromatic N) is 1. The van der Waals surface area contributed by atoms with Crippen LogP contribution in [0.25, 0.3) is 10.1 Å². The van der Waals surface area contributed by atoms with Crippen molar-refractivity contribution in [1.29, 1.82) is 5.26 Å². The second kappa shape index (κ2) is 2.95. The van der Waals surface area contributed by atoms with E-state index in [0.29, 0.717) is 11.3 Å². The van der Waals surface area contributed by atoms with E-state index >= 15 is 0 Å². The van der Waals surface area contributed by atoms with Gasteiger partial charge in [-0.15, -0.1) is 24.0 Å². The van der Waals surface area contributed by atoms with Crippen molar-refractivity contribution < 1.29 is 0 Å². The van der Waals surface area contributed by atoms with Gasteiger partial charge in [-0.25, -0.2) is 0 Å². The van der Waals surface area contributed by atoms with Crippen LogP contribution in [0.15, 0.2) is 22.4 Å². The lowest BCUT2D eigenvalue weighted by Gasteiger charge is -1.95. The van der Waals surface area contributed by atoms with E-state index in [1.54, 1.807) is 17.4 Å². The molecule has 1 aromatic heterocycles. The van der Waals surface area contributed by atoms with Crippen molar-refractivity contribution in [1.82, 2.24) is 0 Å². The molecule has 64 valence electrons. The van der Waals surface area contributed by atoms with Gasteiger partial charge in [-0.2, -0.15) is 5.26 Å². The zero-order valence-corrected chi connectivity index (χ0v) is 8.32. The number of thiophene rings is 1. The second-order valence-electron chi connectivity index (χ2n) is 2.67. The molecule has 0 aliphatic carbocycles. The summed E-state index contributed by atoms with van der Waals surface area (Å²) in [6.45, 7) is 0. The first-order chi connectivity index (χ1) is 6.20. The quantitative estimate of drug-likeness (QED) is 0.514. The number of rotatable bonds is 0. The molecular formula is C9H6N2S2. The zero-order valence-electron chi connectivity index (χ0n) is 6.61. The van der Waals surface area contributed by atoms with Gasteiger partial charge in [-0.1, -0.05) is 0 Å². The molecule has 0 radical (unpaired) electrons. The molecule has 1 aromatic carbocycles. The molecule has 13 heavy (non-hydrogen) atoms. The topological polar surface area (TPSA) is 49.8 Å². The minimum absolute atomic E-state index is 0.529. The van der Waals surface area contributed by atoms with Crippen LogP contribution in [0.5, 0.6) is 0 Å². The van der Waals surface area contributed by atoms with E-state index in [-0.39, 0.29) is 0 Å². The number of fused-ring (bicyclic) bond motifs is 1. The molecule has 0 aliphatic rings. The van der Waals surface area contributed by atoms with Gasteiger partial charge < -0.3 is 5.73 Å². The van der Waals surface area contributed by atoms with Crippen LogP contribution in [-0.4, -0.2) is 0 Å². The molecule has 0 fully saturated rings. The van der Waals surface area contributed by atoms with E-state index in [0.717, 1.165) is 14.3 Å². The Bertz CT molecular complexity index is 508. The summed E-state index contributed by atoms with van der Waals surface area (Å²) in [5.74, 6) is 0. The molecule has 0 aliphatic heterocycles. The van der Waals surface area contributed by atoms with Gasteiger partial charge in [0, 0.05) is 4.70 Å².